The largest absolute Gasteiger partial charge is 0.481 e. The lowest BCUT2D eigenvalue weighted by molar-refractivity contribution is -0.136. The van der Waals surface area contributed by atoms with Gasteiger partial charge in [0.2, 0.25) is 0 Å². The molecular weight excluding hydrogens is 430 g/mol. The van der Waals surface area contributed by atoms with E-state index < -0.39 is 16.0 Å². The molecule has 30 heavy (non-hydrogen) atoms. The summed E-state index contributed by atoms with van der Waals surface area (Å²) < 4.78 is 27.9. The monoisotopic (exact) mass is 445 g/mol. The van der Waals surface area contributed by atoms with Crippen molar-refractivity contribution < 1.29 is 18.3 Å². The van der Waals surface area contributed by atoms with Gasteiger partial charge < -0.3 is 15.1 Å². The van der Waals surface area contributed by atoms with Crippen molar-refractivity contribution in [2.75, 3.05) is 4.72 Å². The Morgan fingerprint density at radius 1 is 1.13 bits per heavy atom. The molecule has 0 aliphatic heterocycles. The molecule has 0 aliphatic carbocycles. The molecule has 0 saturated heterocycles. The molecule has 154 valence electrons. The number of hydrogen-bond acceptors (Lipinski definition) is 4. The summed E-state index contributed by atoms with van der Waals surface area (Å²) in [7, 11) is -3.84. The maximum Gasteiger partial charge on any atom is 0.303 e. The van der Waals surface area contributed by atoms with E-state index in [-0.39, 0.29) is 23.3 Å². The first-order valence-electron chi connectivity index (χ1n) is 8.91. The number of aromatic nitrogens is 2. The zero-order valence-electron chi connectivity index (χ0n) is 15.4. The van der Waals surface area contributed by atoms with Gasteiger partial charge in [0, 0.05) is 39.6 Å². The Morgan fingerprint density at radius 3 is 2.57 bits per heavy atom. The summed E-state index contributed by atoms with van der Waals surface area (Å²) in [5, 5.41) is 10.6. The number of fused-ring (bicyclic) bond motifs is 3. The molecule has 0 bridgehead atoms. The highest BCUT2D eigenvalue weighted by molar-refractivity contribution is 7.92. The van der Waals surface area contributed by atoms with Crippen molar-refractivity contribution >= 4 is 55.1 Å². The number of carboxylic acids is 1. The van der Waals surface area contributed by atoms with E-state index in [1.165, 1.54) is 24.3 Å². The molecule has 0 fully saturated rings. The molecule has 4 rings (SSSR count). The summed E-state index contributed by atoms with van der Waals surface area (Å²) >= 11 is 5.82. The zero-order chi connectivity index (χ0) is 21.5. The van der Waals surface area contributed by atoms with Gasteiger partial charge in [-0.1, -0.05) is 11.6 Å². The van der Waals surface area contributed by atoms with Gasteiger partial charge in [-0.25, -0.2) is 8.42 Å². The molecule has 0 atom stereocenters. The Hall–Kier alpha value is -3.30. The molecule has 2 heterocycles. The molecule has 8 nitrogen and oxygen atoms in total. The van der Waals surface area contributed by atoms with Gasteiger partial charge in [0.25, 0.3) is 15.6 Å². The number of benzene rings is 2. The van der Waals surface area contributed by atoms with Gasteiger partial charge in [-0.15, -0.1) is 0 Å². The van der Waals surface area contributed by atoms with Crippen LogP contribution < -0.4 is 10.3 Å². The normalized spacial score (nSPS) is 11.8. The predicted octanol–water partition coefficient (Wildman–Crippen LogP) is 3.48. The number of carbonyl (C=O) groups is 1. The Balaban J connectivity index is 1.81. The fourth-order valence-corrected chi connectivity index (χ4v) is 4.50. The number of H-pyrrole nitrogens is 2. The zero-order valence-corrected chi connectivity index (χ0v) is 17.0. The van der Waals surface area contributed by atoms with E-state index in [1.54, 1.807) is 24.4 Å². The van der Waals surface area contributed by atoms with Gasteiger partial charge in [-0.05, 0) is 54.4 Å². The van der Waals surface area contributed by atoms with Crippen LogP contribution in [0.2, 0.25) is 5.02 Å². The van der Waals surface area contributed by atoms with Crippen molar-refractivity contribution in [2.24, 2.45) is 0 Å². The van der Waals surface area contributed by atoms with Crippen LogP contribution >= 0.6 is 11.6 Å². The van der Waals surface area contributed by atoms with Gasteiger partial charge in [0.1, 0.15) is 5.52 Å². The van der Waals surface area contributed by atoms with E-state index in [2.05, 4.69) is 14.7 Å². The van der Waals surface area contributed by atoms with Crippen LogP contribution in [0.25, 0.3) is 21.8 Å². The maximum atomic E-state index is 12.7. The smallest absolute Gasteiger partial charge is 0.303 e. The predicted molar refractivity (Wildman–Crippen MR) is 115 cm³/mol. The standard InChI is InChI=1S/C20H16ClN3O5S/c21-12-2-5-14(6-3-12)30(28,29)24-13-4-7-16-15(9-13)18-11(1-8-17(25)26)10-22-19(18)20(27)23-16/h2-7,9-10,22,24H,1,8H2,(H,23,27)(H,25,26). The number of aryl methyl sites for hydroxylation is 1. The number of carboxylic acid groups (broad SMARTS) is 1. The molecule has 2 aromatic heterocycles. The minimum Gasteiger partial charge on any atom is -0.481 e. The fraction of sp³-hybridized carbons (Fsp3) is 0.100. The minimum absolute atomic E-state index is 0.0578. The number of aliphatic carboxylic acids is 1. The van der Waals surface area contributed by atoms with Crippen LogP contribution in [0.15, 0.2) is 58.4 Å². The summed E-state index contributed by atoms with van der Waals surface area (Å²) in [6.45, 7) is 0. The molecule has 4 N–H and O–H groups in total. The third-order valence-electron chi connectivity index (χ3n) is 4.71. The Kier molecular flexibility index (Phi) is 5.00. The number of hydrogen-bond donors (Lipinski definition) is 4. The van der Waals surface area contributed by atoms with E-state index >= 15 is 0 Å². The van der Waals surface area contributed by atoms with Crippen molar-refractivity contribution in [1.29, 1.82) is 0 Å². The van der Waals surface area contributed by atoms with Gasteiger partial charge in [-0.2, -0.15) is 0 Å². The number of nitrogens with one attached hydrogen (secondary N) is 3. The second-order valence-corrected chi connectivity index (χ2v) is 8.85. The lowest BCUT2D eigenvalue weighted by Gasteiger charge is -2.10. The molecule has 0 aliphatic rings. The van der Waals surface area contributed by atoms with E-state index in [9.17, 15) is 18.0 Å². The molecule has 0 radical (unpaired) electrons. The summed E-state index contributed by atoms with van der Waals surface area (Å²) in [6, 6.07) is 10.5. The molecular formula is C20H16ClN3O5S. The highest BCUT2D eigenvalue weighted by atomic mass is 35.5. The highest BCUT2D eigenvalue weighted by Crippen LogP contribution is 2.29. The van der Waals surface area contributed by atoms with Gasteiger partial charge in [-0.3, -0.25) is 14.3 Å². The SMILES string of the molecule is O=C(O)CCc1c[nH]c2c(=O)[nH]c3ccc(NS(=O)(=O)c4ccc(Cl)cc4)cc3c12. The van der Waals surface area contributed by atoms with E-state index in [1.807, 2.05) is 0 Å². The molecule has 10 heteroatoms. The Bertz CT molecular complexity index is 1440. The molecule has 0 amide bonds. The van der Waals surface area contributed by atoms with Crippen LogP contribution in [0.5, 0.6) is 0 Å². The Morgan fingerprint density at radius 2 is 1.87 bits per heavy atom. The van der Waals surface area contributed by atoms with Crippen LogP contribution in [0.1, 0.15) is 12.0 Å². The van der Waals surface area contributed by atoms with Crippen LogP contribution in [-0.2, 0) is 21.2 Å². The van der Waals surface area contributed by atoms with E-state index in [4.69, 9.17) is 16.7 Å². The topological polar surface area (TPSA) is 132 Å². The maximum absolute atomic E-state index is 12.7. The van der Waals surface area contributed by atoms with Crippen LogP contribution in [0, 0.1) is 0 Å². The molecule has 0 saturated carbocycles. The summed E-state index contributed by atoms with van der Waals surface area (Å²) in [6.07, 6.45) is 1.74. The van der Waals surface area contributed by atoms with Crippen molar-refractivity contribution in [3.8, 4) is 0 Å². The van der Waals surface area contributed by atoms with E-state index in [0.29, 0.717) is 38.1 Å². The average Bonchev–Trinajstić information content (AvgIpc) is 3.12. The van der Waals surface area contributed by atoms with Crippen molar-refractivity contribution in [2.45, 2.75) is 17.7 Å². The minimum atomic E-state index is -3.84. The number of halogens is 1. The van der Waals surface area contributed by atoms with Crippen molar-refractivity contribution in [3.63, 3.8) is 0 Å². The van der Waals surface area contributed by atoms with Crippen molar-refractivity contribution in [3.05, 3.63) is 69.6 Å². The van der Waals surface area contributed by atoms with Crippen LogP contribution in [0.3, 0.4) is 0 Å². The highest BCUT2D eigenvalue weighted by Gasteiger charge is 2.17. The van der Waals surface area contributed by atoms with E-state index in [0.717, 1.165) is 0 Å². The first kappa shape index (κ1) is 20.0. The summed E-state index contributed by atoms with van der Waals surface area (Å²) in [5.74, 6) is -0.949. The number of sulfonamides is 1. The average molecular weight is 446 g/mol. The molecule has 4 aromatic rings. The van der Waals surface area contributed by atoms with Gasteiger partial charge in [0.15, 0.2) is 0 Å². The lowest BCUT2D eigenvalue weighted by Crippen LogP contribution is -2.13. The second kappa shape index (κ2) is 7.51. The molecule has 0 unspecified atom stereocenters. The van der Waals surface area contributed by atoms with Gasteiger partial charge in [0.05, 0.1) is 4.90 Å². The third-order valence-corrected chi connectivity index (χ3v) is 6.36. The van der Waals surface area contributed by atoms with Gasteiger partial charge >= 0.3 is 5.97 Å². The molecule has 0 spiro atoms. The first-order valence-corrected chi connectivity index (χ1v) is 10.8. The van der Waals surface area contributed by atoms with Crippen LogP contribution in [-0.4, -0.2) is 29.5 Å². The number of rotatable bonds is 6. The number of pyridine rings is 1. The Labute approximate surface area is 175 Å². The number of aromatic amines is 2. The van der Waals surface area contributed by atoms with Crippen LogP contribution in [0.4, 0.5) is 5.69 Å². The lowest BCUT2D eigenvalue weighted by atomic mass is 10.0. The summed E-state index contributed by atoms with van der Waals surface area (Å²) in [4.78, 5) is 29.0. The number of anilines is 1. The van der Waals surface area contributed by atoms with Crippen molar-refractivity contribution in [1.82, 2.24) is 9.97 Å². The molecule has 2 aromatic carbocycles. The second-order valence-electron chi connectivity index (χ2n) is 6.73. The first-order chi connectivity index (χ1) is 14.2. The quantitative estimate of drug-likeness (QED) is 0.360. The fourth-order valence-electron chi connectivity index (χ4n) is 3.33. The third kappa shape index (κ3) is 3.77. The summed E-state index contributed by atoms with van der Waals surface area (Å²) in [5.41, 5.74) is 1.45.